The second kappa shape index (κ2) is 5.02. The number of benzene rings is 1. The third kappa shape index (κ3) is 2.67. The molecule has 98 valence electrons. The Morgan fingerprint density at radius 1 is 1.28 bits per heavy atom. The first-order valence-corrected chi connectivity index (χ1v) is 5.71. The van der Waals surface area contributed by atoms with E-state index < -0.39 is 12.1 Å². The van der Waals surface area contributed by atoms with Crippen LogP contribution in [0.3, 0.4) is 0 Å². The Labute approximate surface area is 103 Å². The zero-order valence-electron chi connectivity index (χ0n) is 9.92. The van der Waals surface area contributed by atoms with Gasteiger partial charge in [0.1, 0.15) is 5.58 Å². The average Bonchev–Trinajstić information content (AvgIpc) is 2.75. The maximum atomic E-state index is 13.0. The highest BCUT2D eigenvalue weighted by molar-refractivity contribution is 5.77. The molecule has 5 heteroatoms. The molecule has 0 radical (unpaired) electrons. The van der Waals surface area contributed by atoms with Gasteiger partial charge in [0.2, 0.25) is 0 Å². The highest BCUT2D eigenvalue weighted by Crippen LogP contribution is 2.38. The van der Waals surface area contributed by atoms with Gasteiger partial charge in [0.15, 0.2) is 0 Å². The molecule has 1 aromatic heterocycles. The lowest BCUT2D eigenvalue weighted by molar-refractivity contribution is -0.151. The van der Waals surface area contributed by atoms with Crippen LogP contribution in [0, 0.1) is 0 Å². The van der Waals surface area contributed by atoms with Gasteiger partial charge in [-0.2, -0.15) is 13.2 Å². The molecule has 2 aromatic rings. The highest BCUT2D eigenvalue weighted by atomic mass is 19.4. The van der Waals surface area contributed by atoms with E-state index in [0.29, 0.717) is 17.5 Å². The standard InChI is InChI=1S/C13H14F3NO/c1-17-6-4-11(13(14,15)16)9-2-3-12-10(8-9)5-7-18-12/h2-3,5,7-8,11,17H,4,6H2,1H3. The van der Waals surface area contributed by atoms with Crippen LogP contribution in [0.15, 0.2) is 34.9 Å². The van der Waals surface area contributed by atoms with Gasteiger partial charge in [0.25, 0.3) is 0 Å². The second-order valence-electron chi connectivity index (χ2n) is 4.20. The molecular formula is C13H14F3NO. The first kappa shape index (κ1) is 13.0. The summed E-state index contributed by atoms with van der Waals surface area (Å²) in [7, 11) is 1.65. The summed E-state index contributed by atoms with van der Waals surface area (Å²) in [6, 6.07) is 6.29. The number of nitrogens with one attached hydrogen (secondary N) is 1. The summed E-state index contributed by atoms with van der Waals surface area (Å²) in [6.07, 6.45) is -2.72. The highest BCUT2D eigenvalue weighted by Gasteiger charge is 2.40. The first-order chi connectivity index (χ1) is 8.52. The molecule has 0 saturated carbocycles. The van der Waals surface area contributed by atoms with Crippen molar-refractivity contribution in [2.24, 2.45) is 0 Å². The van der Waals surface area contributed by atoms with Crippen LogP contribution in [-0.2, 0) is 0 Å². The van der Waals surface area contributed by atoms with Crippen molar-refractivity contribution in [2.75, 3.05) is 13.6 Å². The van der Waals surface area contributed by atoms with Crippen molar-refractivity contribution in [1.82, 2.24) is 5.32 Å². The molecule has 18 heavy (non-hydrogen) atoms. The molecule has 0 fully saturated rings. The number of halogens is 3. The van der Waals surface area contributed by atoms with Gasteiger partial charge in [-0.3, -0.25) is 0 Å². The first-order valence-electron chi connectivity index (χ1n) is 5.71. The Morgan fingerprint density at radius 3 is 2.72 bits per heavy atom. The van der Waals surface area contributed by atoms with E-state index in [9.17, 15) is 13.2 Å². The van der Waals surface area contributed by atoms with Crippen LogP contribution in [0.1, 0.15) is 17.9 Å². The molecule has 0 bridgehead atoms. The Hall–Kier alpha value is -1.49. The fourth-order valence-corrected chi connectivity index (χ4v) is 2.01. The van der Waals surface area contributed by atoms with Crippen LogP contribution in [0.25, 0.3) is 11.0 Å². The molecule has 2 rings (SSSR count). The van der Waals surface area contributed by atoms with Crippen molar-refractivity contribution in [3.63, 3.8) is 0 Å². The van der Waals surface area contributed by atoms with Gasteiger partial charge < -0.3 is 9.73 Å². The lowest BCUT2D eigenvalue weighted by Gasteiger charge is -2.20. The molecule has 0 spiro atoms. The van der Waals surface area contributed by atoms with Gasteiger partial charge in [-0.1, -0.05) is 6.07 Å². The van der Waals surface area contributed by atoms with E-state index >= 15 is 0 Å². The number of rotatable bonds is 4. The van der Waals surface area contributed by atoms with Crippen molar-refractivity contribution < 1.29 is 17.6 Å². The monoisotopic (exact) mass is 257 g/mol. The van der Waals surface area contributed by atoms with Gasteiger partial charge >= 0.3 is 6.18 Å². The van der Waals surface area contributed by atoms with Gasteiger partial charge in [0.05, 0.1) is 12.2 Å². The van der Waals surface area contributed by atoms with E-state index in [4.69, 9.17) is 4.42 Å². The topological polar surface area (TPSA) is 25.2 Å². The number of furan rings is 1. The average molecular weight is 257 g/mol. The van der Waals surface area contributed by atoms with Crippen molar-refractivity contribution in [1.29, 1.82) is 0 Å². The minimum Gasteiger partial charge on any atom is -0.464 e. The molecule has 2 nitrogen and oxygen atoms in total. The van der Waals surface area contributed by atoms with Crippen LogP contribution in [-0.4, -0.2) is 19.8 Å². The Kier molecular flexibility index (Phi) is 3.61. The maximum Gasteiger partial charge on any atom is 0.395 e. The van der Waals surface area contributed by atoms with E-state index in [2.05, 4.69) is 5.32 Å². The van der Waals surface area contributed by atoms with E-state index in [-0.39, 0.29) is 12.0 Å². The number of hydrogen-bond donors (Lipinski definition) is 1. The molecule has 1 N–H and O–H groups in total. The van der Waals surface area contributed by atoms with Gasteiger partial charge in [-0.05, 0) is 43.8 Å². The third-order valence-corrected chi connectivity index (χ3v) is 2.96. The SMILES string of the molecule is CNCCC(c1ccc2occc2c1)C(F)(F)F. The summed E-state index contributed by atoms with van der Waals surface area (Å²) < 4.78 is 44.1. The molecule has 1 unspecified atom stereocenters. The van der Waals surface area contributed by atoms with Gasteiger partial charge in [-0.15, -0.1) is 0 Å². The van der Waals surface area contributed by atoms with E-state index in [0.717, 1.165) is 0 Å². The summed E-state index contributed by atoms with van der Waals surface area (Å²) in [5, 5.41) is 3.45. The molecular weight excluding hydrogens is 243 g/mol. The summed E-state index contributed by atoms with van der Waals surface area (Å²) in [6.45, 7) is 0.327. The summed E-state index contributed by atoms with van der Waals surface area (Å²) in [5.41, 5.74) is 0.889. The number of fused-ring (bicyclic) bond motifs is 1. The molecule has 0 aliphatic rings. The van der Waals surface area contributed by atoms with Crippen LogP contribution in [0.4, 0.5) is 13.2 Å². The quantitative estimate of drug-likeness (QED) is 0.903. The fraction of sp³-hybridized carbons (Fsp3) is 0.385. The maximum absolute atomic E-state index is 13.0. The van der Waals surface area contributed by atoms with E-state index in [1.807, 2.05) is 0 Å². The van der Waals surface area contributed by atoms with Crippen LogP contribution < -0.4 is 5.32 Å². The fourth-order valence-electron chi connectivity index (χ4n) is 2.01. The lowest BCUT2D eigenvalue weighted by Crippen LogP contribution is -2.24. The molecule has 0 amide bonds. The normalized spacial score (nSPS) is 14.0. The largest absolute Gasteiger partial charge is 0.464 e. The van der Waals surface area contributed by atoms with Gasteiger partial charge in [-0.25, -0.2) is 0 Å². The number of alkyl halides is 3. The Bertz CT molecular complexity index is 518. The third-order valence-electron chi connectivity index (χ3n) is 2.96. The zero-order valence-corrected chi connectivity index (χ0v) is 9.92. The molecule has 0 aliphatic carbocycles. The molecule has 1 heterocycles. The van der Waals surface area contributed by atoms with Crippen molar-refractivity contribution in [3.8, 4) is 0 Å². The summed E-state index contributed by atoms with van der Waals surface area (Å²) >= 11 is 0. The summed E-state index contributed by atoms with van der Waals surface area (Å²) in [5.74, 6) is -1.44. The zero-order chi connectivity index (χ0) is 13.2. The van der Waals surface area contributed by atoms with Crippen molar-refractivity contribution in [3.05, 3.63) is 36.1 Å². The predicted molar refractivity (Wildman–Crippen MR) is 63.6 cm³/mol. The summed E-state index contributed by atoms with van der Waals surface area (Å²) in [4.78, 5) is 0. The van der Waals surface area contributed by atoms with E-state index in [1.165, 1.54) is 12.3 Å². The van der Waals surface area contributed by atoms with E-state index in [1.54, 1.807) is 25.2 Å². The number of hydrogen-bond acceptors (Lipinski definition) is 2. The minimum atomic E-state index is -4.23. The molecule has 0 saturated heterocycles. The molecule has 1 aromatic carbocycles. The van der Waals surface area contributed by atoms with Crippen molar-refractivity contribution in [2.45, 2.75) is 18.5 Å². The molecule has 1 atom stereocenters. The minimum absolute atomic E-state index is 0.0311. The van der Waals surface area contributed by atoms with Crippen molar-refractivity contribution >= 4 is 11.0 Å². The van der Waals surface area contributed by atoms with Crippen LogP contribution in [0.5, 0.6) is 0 Å². The lowest BCUT2D eigenvalue weighted by atomic mass is 9.94. The Balaban J connectivity index is 2.34. The second-order valence-corrected chi connectivity index (χ2v) is 4.20. The van der Waals surface area contributed by atoms with Crippen LogP contribution in [0.2, 0.25) is 0 Å². The predicted octanol–water partition coefficient (Wildman–Crippen LogP) is 3.69. The Morgan fingerprint density at radius 2 is 2.06 bits per heavy atom. The molecule has 0 aliphatic heterocycles. The smallest absolute Gasteiger partial charge is 0.395 e. The van der Waals surface area contributed by atoms with Crippen LogP contribution >= 0.6 is 0 Å². The van der Waals surface area contributed by atoms with Gasteiger partial charge in [0, 0.05) is 5.39 Å².